The lowest BCUT2D eigenvalue weighted by molar-refractivity contribution is -0.0170. The summed E-state index contributed by atoms with van der Waals surface area (Å²) in [6.45, 7) is 22.1. The zero-order valence-corrected chi connectivity index (χ0v) is 17.2. The highest BCUT2D eigenvalue weighted by Crippen LogP contribution is 2.34. The maximum atomic E-state index is 5.87. The topological polar surface area (TPSA) is 15.7 Å². The van der Waals surface area contributed by atoms with Gasteiger partial charge in [-0.15, -0.1) is 0 Å². The molecule has 0 spiro atoms. The van der Waals surface area contributed by atoms with Crippen LogP contribution in [-0.4, -0.2) is 61.3 Å². The van der Waals surface area contributed by atoms with Gasteiger partial charge in [0.15, 0.2) is 0 Å². The molecular weight excluding hydrogens is 296 g/mol. The van der Waals surface area contributed by atoms with Crippen LogP contribution in [0.1, 0.15) is 67.2 Å². The molecule has 0 radical (unpaired) electrons. The first kappa shape index (κ1) is 20.2. The smallest absolute Gasteiger partial charge is 0.0600 e. The Bertz CT molecular complexity index is 353. The third-order valence-corrected chi connectivity index (χ3v) is 5.98. The standard InChI is InChI=1S/C21H42N2O/c1-20(2,3)19-9-13-23(14-10-19)17-18-7-11-22(12-8-18)15-16-24-21(4,5)6/h18-19H,7-17H2,1-6H3. The minimum atomic E-state index is -0.00248. The first-order valence-corrected chi connectivity index (χ1v) is 10.2. The zero-order chi connectivity index (χ0) is 17.8. The van der Waals surface area contributed by atoms with Crippen molar-refractivity contribution in [2.24, 2.45) is 17.3 Å². The summed E-state index contributed by atoms with van der Waals surface area (Å²) < 4.78 is 5.87. The van der Waals surface area contributed by atoms with E-state index in [-0.39, 0.29) is 5.60 Å². The molecule has 24 heavy (non-hydrogen) atoms. The van der Waals surface area contributed by atoms with E-state index in [0.717, 1.165) is 25.0 Å². The van der Waals surface area contributed by atoms with Gasteiger partial charge < -0.3 is 14.5 Å². The normalized spacial score (nSPS) is 23.8. The Kier molecular flexibility index (Phi) is 7.16. The Balaban J connectivity index is 1.60. The van der Waals surface area contributed by atoms with Gasteiger partial charge in [-0.05, 0) is 89.9 Å². The molecule has 2 aliphatic heterocycles. The molecule has 0 N–H and O–H groups in total. The van der Waals surface area contributed by atoms with Crippen LogP contribution in [0.25, 0.3) is 0 Å². The van der Waals surface area contributed by atoms with Crippen molar-refractivity contribution in [1.82, 2.24) is 9.80 Å². The number of hydrogen-bond acceptors (Lipinski definition) is 3. The summed E-state index contributed by atoms with van der Waals surface area (Å²) in [6.07, 6.45) is 5.53. The fraction of sp³-hybridized carbons (Fsp3) is 1.00. The third-order valence-electron chi connectivity index (χ3n) is 5.98. The highest BCUT2D eigenvalue weighted by Gasteiger charge is 2.30. The predicted molar refractivity (Wildman–Crippen MR) is 103 cm³/mol. The Morgan fingerprint density at radius 1 is 0.792 bits per heavy atom. The van der Waals surface area contributed by atoms with E-state index in [1.54, 1.807) is 0 Å². The van der Waals surface area contributed by atoms with Gasteiger partial charge in [0.05, 0.1) is 12.2 Å². The first-order valence-electron chi connectivity index (χ1n) is 10.2. The summed E-state index contributed by atoms with van der Waals surface area (Å²) in [7, 11) is 0. The first-order chi connectivity index (χ1) is 11.1. The predicted octanol–water partition coefficient (Wildman–Crippen LogP) is 4.27. The van der Waals surface area contributed by atoms with Crippen LogP contribution in [0.5, 0.6) is 0 Å². The van der Waals surface area contributed by atoms with E-state index in [1.807, 2.05) is 0 Å². The van der Waals surface area contributed by atoms with E-state index in [2.05, 4.69) is 51.3 Å². The van der Waals surface area contributed by atoms with E-state index >= 15 is 0 Å². The molecular formula is C21H42N2O. The van der Waals surface area contributed by atoms with Gasteiger partial charge in [0.2, 0.25) is 0 Å². The van der Waals surface area contributed by atoms with E-state index in [1.165, 1.54) is 58.4 Å². The summed E-state index contributed by atoms with van der Waals surface area (Å²) >= 11 is 0. The molecule has 3 nitrogen and oxygen atoms in total. The van der Waals surface area contributed by atoms with E-state index in [9.17, 15) is 0 Å². The molecule has 0 unspecified atom stereocenters. The molecule has 3 heteroatoms. The monoisotopic (exact) mass is 338 g/mol. The summed E-state index contributed by atoms with van der Waals surface area (Å²) in [4.78, 5) is 5.33. The summed E-state index contributed by atoms with van der Waals surface area (Å²) in [6, 6.07) is 0. The Labute approximate surface area is 151 Å². The largest absolute Gasteiger partial charge is 0.375 e. The van der Waals surface area contributed by atoms with Crippen LogP contribution in [0.3, 0.4) is 0 Å². The van der Waals surface area contributed by atoms with Crippen molar-refractivity contribution in [2.75, 3.05) is 45.9 Å². The van der Waals surface area contributed by atoms with Gasteiger partial charge >= 0.3 is 0 Å². The number of piperidine rings is 2. The molecule has 0 aromatic rings. The molecule has 0 aromatic carbocycles. The lowest BCUT2D eigenvalue weighted by Gasteiger charge is -2.41. The van der Waals surface area contributed by atoms with Crippen LogP contribution in [-0.2, 0) is 4.74 Å². The summed E-state index contributed by atoms with van der Waals surface area (Å²) in [5.41, 5.74) is 0.490. The van der Waals surface area contributed by atoms with Crippen LogP contribution in [0.15, 0.2) is 0 Å². The van der Waals surface area contributed by atoms with Crippen LogP contribution >= 0.6 is 0 Å². The van der Waals surface area contributed by atoms with Crippen LogP contribution in [0.2, 0.25) is 0 Å². The summed E-state index contributed by atoms with van der Waals surface area (Å²) in [5.74, 6) is 1.83. The SMILES string of the molecule is CC(C)(C)OCCN1CCC(CN2CCC(C(C)(C)C)CC2)CC1. The molecule has 2 rings (SSSR count). The Morgan fingerprint density at radius 3 is 1.83 bits per heavy atom. The molecule has 0 amide bonds. The lowest BCUT2D eigenvalue weighted by atomic mass is 9.75. The average molecular weight is 339 g/mol. The van der Waals surface area contributed by atoms with Gasteiger partial charge in [0, 0.05) is 13.1 Å². The van der Waals surface area contributed by atoms with Crippen molar-refractivity contribution in [1.29, 1.82) is 0 Å². The van der Waals surface area contributed by atoms with Crippen molar-refractivity contribution in [3.63, 3.8) is 0 Å². The van der Waals surface area contributed by atoms with Gasteiger partial charge in [-0.3, -0.25) is 0 Å². The van der Waals surface area contributed by atoms with Crippen LogP contribution in [0, 0.1) is 17.3 Å². The molecule has 0 aromatic heterocycles. The van der Waals surface area contributed by atoms with Gasteiger partial charge in [-0.2, -0.15) is 0 Å². The molecule has 0 bridgehead atoms. The molecule has 2 aliphatic rings. The number of likely N-dealkylation sites (tertiary alicyclic amines) is 2. The highest BCUT2D eigenvalue weighted by molar-refractivity contribution is 4.83. The number of nitrogens with zero attached hydrogens (tertiary/aromatic N) is 2. The number of ether oxygens (including phenoxy) is 1. The Morgan fingerprint density at radius 2 is 1.33 bits per heavy atom. The van der Waals surface area contributed by atoms with Crippen molar-refractivity contribution in [2.45, 2.75) is 72.8 Å². The molecule has 0 aliphatic carbocycles. The molecule has 0 saturated carbocycles. The second kappa shape index (κ2) is 8.51. The fourth-order valence-corrected chi connectivity index (χ4v) is 4.22. The van der Waals surface area contributed by atoms with Crippen molar-refractivity contribution >= 4 is 0 Å². The Hall–Kier alpha value is -0.120. The minimum absolute atomic E-state index is 0.00248. The zero-order valence-electron chi connectivity index (χ0n) is 17.2. The van der Waals surface area contributed by atoms with Crippen LogP contribution in [0.4, 0.5) is 0 Å². The van der Waals surface area contributed by atoms with E-state index in [4.69, 9.17) is 4.74 Å². The van der Waals surface area contributed by atoms with Crippen molar-refractivity contribution in [3.8, 4) is 0 Å². The lowest BCUT2D eigenvalue weighted by Crippen LogP contribution is -2.43. The molecule has 2 heterocycles. The average Bonchev–Trinajstić information content (AvgIpc) is 2.47. The second-order valence-electron chi connectivity index (χ2n) is 10.2. The second-order valence-corrected chi connectivity index (χ2v) is 10.2. The maximum Gasteiger partial charge on any atom is 0.0600 e. The van der Waals surface area contributed by atoms with Gasteiger partial charge in [-0.25, -0.2) is 0 Å². The fourth-order valence-electron chi connectivity index (χ4n) is 4.22. The highest BCUT2D eigenvalue weighted by atomic mass is 16.5. The maximum absolute atomic E-state index is 5.87. The van der Waals surface area contributed by atoms with Crippen molar-refractivity contribution in [3.05, 3.63) is 0 Å². The van der Waals surface area contributed by atoms with Gasteiger partial charge in [0.25, 0.3) is 0 Å². The third kappa shape index (κ3) is 7.01. The molecule has 2 fully saturated rings. The summed E-state index contributed by atoms with van der Waals surface area (Å²) in [5, 5.41) is 0. The van der Waals surface area contributed by atoms with Crippen LogP contribution < -0.4 is 0 Å². The molecule has 142 valence electrons. The molecule has 2 saturated heterocycles. The number of hydrogen-bond donors (Lipinski definition) is 0. The minimum Gasteiger partial charge on any atom is -0.375 e. The van der Waals surface area contributed by atoms with E-state index in [0.29, 0.717) is 5.41 Å². The van der Waals surface area contributed by atoms with Gasteiger partial charge in [0.1, 0.15) is 0 Å². The van der Waals surface area contributed by atoms with Gasteiger partial charge in [-0.1, -0.05) is 20.8 Å². The quantitative estimate of drug-likeness (QED) is 0.744. The van der Waals surface area contributed by atoms with Crippen molar-refractivity contribution < 1.29 is 4.74 Å². The molecule has 0 atom stereocenters. The van der Waals surface area contributed by atoms with E-state index < -0.39 is 0 Å². The number of rotatable bonds is 5.